The molecule has 0 spiro atoms. The van der Waals surface area contributed by atoms with Crippen molar-refractivity contribution < 1.29 is 4.74 Å². The second-order valence-corrected chi connectivity index (χ2v) is 4.82. The minimum Gasteiger partial charge on any atom is -0.379 e. The second-order valence-electron chi connectivity index (χ2n) is 4.82. The number of hydrogen-bond acceptors (Lipinski definition) is 2. The van der Waals surface area contributed by atoms with E-state index in [0.29, 0.717) is 0 Å². The number of rotatable bonds is 3. The Labute approximate surface area is 94.0 Å². The fraction of sp³-hybridized carbons (Fsp3) is 0.846. The zero-order chi connectivity index (χ0) is 11.1. The highest BCUT2D eigenvalue weighted by Crippen LogP contribution is 2.20. The maximum atomic E-state index is 5.30. The van der Waals surface area contributed by atoms with E-state index in [2.05, 4.69) is 37.5 Å². The molecule has 2 nitrogen and oxygen atoms in total. The lowest BCUT2D eigenvalue weighted by Crippen LogP contribution is -2.36. The first kappa shape index (κ1) is 12.5. The van der Waals surface area contributed by atoms with Crippen molar-refractivity contribution in [2.24, 2.45) is 5.41 Å². The van der Waals surface area contributed by atoms with Gasteiger partial charge in [-0.2, -0.15) is 0 Å². The Morgan fingerprint density at radius 1 is 1.27 bits per heavy atom. The number of morpholine rings is 1. The van der Waals surface area contributed by atoms with E-state index < -0.39 is 0 Å². The van der Waals surface area contributed by atoms with Gasteiger partial charge in [0.1, 0.15) is 0 Å². The smallest absolute Gasteiger partial charge is 0.0603 e. The molecule has 2 heteroatoms. The summed E-state index contributed by atoms with van der Waals surface area (Å²) < 4.78 is 5.30. The van der Waals surface area contributed by atoms with Gasteiger partial charge in [0.15, 0.2) is 0 Å². The van der Waals surface area contributed by atoms with E-state index in [0.717, 1.165) is 32.8 Å². The molecule has 0 radical (unpaired) electrons. The minimum atomic E-state index is 0.182. The van der Waals surface area contributed by atoms with Crippen molar-refractivity contribution in [3.63, 3.8) is 0 Å². The lowest BCUT2D eigenvalue weighted by atomic mass is 9.89. The normalized spacial score (nSPS) is 18.3. The molecule has 0 bridgehead atoms. The molecule has 0 unspecified atom stereocenters. The van der Waals surface area contributed by atoms with Gasteiger partial charge in [-0.05, 0) is 20.3 Å². The molecule has 0 aliphatic carbocycles. The van der Waals surface area contributed by atoms with Crippen molar-refractivity contribution >= 4 is 0 Å². The largest absolute Gasteiger partial charge is 0.379 e. The van der Waals surface area contributed by atoms with Crippen molar-refractivity contribution in [1.29, 1.82) is 0 Å². The maximum absolute atomic E-state index is 5.30. The number of hydrogen-bond donors (Lipinski definition) is 0. The fourth-order valence-corrected chi connectivity index (χ4v) is 1.84. The predicted octanol–water partition coefficient (Wildman–Crippen LogP) is 2.15. The van der Waals surface area contributed by atoms with Crippen molar-refractivity contribution in [2.45, 2.75) is 33.6 Å². The van der Waals surface area contributed by atoms with Crippen LogP contribution in [0.3, 0.4) is 0 Å². The first-order chi connectivity index (χ1) is 7.14. The molecule has 0 atom stereocenters. The minimum absolute atomic E-state index is 0.182. The number of ether oxygens (including phenoxy) is 1. The van der Waals surface area contributed by atoms with E-state index in [9.17, 15) is 0 Å². The van der Waals surface area contributed by atoms with Crippen molar-refractivity contribution in [3.8, 4) is 11.8 Å². The highest BCUT2D eigenvalue weighted by molar-refractivity contribution is 5.10. The quantitative estimate of drug-likeness (QED) is 0.660. The maximum Gasteiger partial charge on any atom is 0.0603 e. The third-order valence-electron chi connectivity index (χ3n) is 2.71. The molecule has 1 saturated heterocycles. The van der Waals surface area contributed by atoms with Gasteiger partial charge in [-0.1, -0.05) is 25.2 Å². The van der Waals surface area contributed by atoms with Crippen molar-refractivity contribution in [2.75, 3.05) is 32.8 Å². The Morgan fingerprint density at radius 3 is 2.53 bits per heavy atom. The topological polar surface area (TPSA) is 12.5 Å². The van der Waals surface area contributed by atoms with Crippen LogP contribution in [0.1, 0.15) is 33.6 Å². The Kier molecular flexibility index (Phi) is 5.14. The first-order valence-corrected chi connectivity index (χ1v) is 5.94. The molecule has 1 aliphatic heterocycles. The highest BCUT2D eigenvalue weighted by atomic mass is 16.5. The Morgan fingerprint density at radius 2 is 1.93 bits per heavy atom. The van der Waals surface area contributed by atoms with Gasteiger partial charge in [-0.3, -0.25) is 4.90 Å². The SMILES string of the molecule is CCCC(C)(C)C#CCN1CCOCC1. The molecule has 86 valence electrons. The Hall–Kier alpha value is -0.520. The van der Waals surface area contributed by atoms with E-state index in [1.54, 1.807) is 0 Å². The van der Waals surface area contributed by atoms with Gasteiger partial charge in [0.2, 0.25) is 0 Å². The third kappa shape index (κ3) is 5.20. The van der Waals surface area contributed by atoms with Gasteiger partial charge < -0.3 is 4.74 Å². The summed E-state index contributed by atoms with van der Waals surface area (Å²) in [4.78, 5) is 2.36. The van der Waals surface area contributed by atoms with Gasteiger partial charge in [0.05, 0.1) is 19.8 Å². The van der Waals surface area contributed by atoms with Gasteiger partial charge in [-0.25, -0.2) is 0 Å². The summed E-state index contributed by atoms with van der Waals surface area (Å²) in [6.45, 7) is 11.3. The van der Waals surface area contributed by atoms with Crippen LogP contribution < -0.4 is 0 Å². The predicted molar refractivity (Wildman–Crippen MR) is 63.7 cm³/mol. The average Bonchev–Trinajstić information content (AvgIpc) is 2.19. The van der Waals surface area contributed by atoms with Crippen LogP contribution in [-0.2, 0) is 4.74 Å². The van der Waals surface area contributed by atoms with Crippen LogP contribution >= 0.6 is 0 Å². The Balaban J connectivity index is 2.30. The van der Waals surface area contributed by atoms with Crippen LogP contribution in [0.5, 0.6) is 0 Å². The third-order valence-corrected chi connectivity index (χ3v) is 2.71. The second kappa shape index (κ2) is 6.15. The first-order valence-electron chi connectivity index (χ1n) is 5.94. The molecule has 0 amide bonds. The highest BCUT2D eigenvalue weighted by Gasteiger charge is 2.12. The molecule has 0 saturated carbocycles. The van der Waals surface area contributed by atoms with Crippen molar-refractivity contribution in [1.82, 2.24) is 4.90 Å². The summed E-state index contributed by atoms with van der Waals surface area (Å²) in [6.07, 6.45) is 2.39. The van der Waals surface area contributed by atoms with Crippen LogP contribution in [0.15, 0.2) is 0 Å². The molecule has 0 aromatic heterocycles. The summed E-state index contributed by atoms with van der Waals surface area (Å²) in [5, 5.41) is 0. The molecule has 0 aromatic carbocycles. The summed E-state index contributed by atoms with van der Waals surface area (Å²) in [5.41, 5.74) is 0.182. The van der Waals surface area contributed by atoms with E-state index in [1.165, 1.54) is 12.8 Å². The molecule has 15 heavy (non-hydrogen) atoms. The van der Waals surface area contributed by atoms with E-state index >= 15 is 0 Å². The fourth-order valence-electron chi connectivity index (χ4n) is 1.84. The lowest BCUT2D eigenvalue weighted by Gasteiger charge is -2.24. The van der Waals surface area contributed by atoms with Gasteiger partial charge in [0, 0.05) is 18.5 Å². The standard InChI is InChI=1S/C13H23NO/c1-4-6-13(2,3)7-5-8-14-9-11-15-12-10-14/h4,6,8-12H2,1-3H3. The van der Waals surface area contributed by atoms with E-state index in [1.807, 2.05) is 0 Å². The van der Waals surface area contributed by atoms with Crippen LogP contribution in [0.2, 0.25) is 0 Å². The van der Waals surface area contributed by atoms with Crippen molar-refractivity contribution in [3.05, 3.63) is 0 Å². The van der Waals surface area contributed by atoms with Crippen LogP contribution in [-0.4, -0.2) is 37.7 Å². The summed E-state index contributed by atoms with van der Waals surface area (Å²) in [5.74, 6) is 6.68. The molecular weight excluding hydrogens is 186 g/mol. The molecular formula is C13H23NO. The molecule has 0 aromatic rings. The average molecular weight is 209 g/mol. The van der Waals surface area contributed by atoms with Gasteiger partial charge >= 0.3 is 0 Å². The molecule has 1 heterocycles. The lowest BCUT2D eigenvalue weighted by molar-refractivity contribution is 0.0443. The van der Waals surface area contributed by atoms with E-state index in [-0.39, 0.29) is 5.41 Å². The molecule has 1 rings (SSSR count). The zero-order valence-electron chi connectivity index (χ0n) is 10.3. The zero-order valence-corrected chi connectivity index (χ0v) is 10.3. The van der Waals surface area contributed by atoms with E-state index in [4.69, 9.17) is 4.74 Å². The molecule has 1 fully saturated rings. The van der Waals surface area contributed by atoms with Crippen LogP contribution in [0.4, 0.5) is 0 Å². The monoisotopic (exact) mass is 209 g/mol. The summed E-state index contributed by atoms with van der Waals surface area (Å²) in [7, 11) is 0. The van der Waals surface area contributed by atoms with Crippen LogP contribution in [0, 0.1) is 17.3 Å². The van der Waals surface area contributed by atoms with Crippen LogP contribution in [0.25, 0.3) is 0 Å². The Bertz CT molecular complexity index is 231. The molecule has 0 N–H and O–H groups in total. The number of nitrogens with zero attached hydrogens (tertiary/aromatic N) is 1. The van der Waals surface area contributed by atoms with Gasteiger partial charge in [0.25, 0.3) is 0 Å². The molecule has 1 aliphatic rings. The summed E-state index contributed by atoms with van der Waals surface area (Å²) in [6, 6.07) is 0. The summed E-state index contributed by atoms with van der Waals surface area (Å²) >= 11 is 0. The van der Waals surface area contributed by atoms with Gasteiger partial charge in [-0.15, -0.1) is 0 Å².